The number of nitrogens with one attached hydrogen (secondary N) is 1. The van der Waals surface area contributed by atoms with Gasteiger partial charge in [0.25, 0.3) is 0 Å². The Kier molecular flexibility index (Phi) is 5.57. The lowest BCUT2D eigenvalue weighted by Crippen LogP contribution is -2.53. The van der Waals surface area contributed by atoms with Gasteiger partial charge in [-0.15, -0.1) is 0 Å². The topological polar surface area (TPSA) is 55.1 Å². The van der Waals surface area contributed by atoms with Crippen molar-refractivity contribution >= 4 is 5.91 Å². The molecule has 0 aliphatic heterocycles. The van der Waals surface area contributed by atoms with Crippen molar-refractivity contribution in [2.45, 2.75) is 71.4 Å². The minimum absolute atomic E-state index is 0.0347. The van der Waals surface area contributed by atoms with Crippen LogP contribution in [-0.2, 0) is 10.2 Å². The average Bonchev–Trinajstić information content (AvgIpc) is 2.45. The Bertz CT molecular complexity index is 467. The summed E-state index contributed by atoms with van der Waals surface area (Å²) in [6.07, 6.45) is 1.29. The molecule has 0 saturated carbocycles. The molecule has 0 saturated heterocycles. The van der Waals surface area contributed by atoms with Crippen molar-refractivity contribution in [1.29, 1.82) is 0 Å². The van der Waals surface area contributed by atoms with Crippen LogP contribution in [0.2, 0.25) is 0 Å². The zero-order chi connectivity index (χ0) is 16.3. The maximum absolute atomic E-state index is 12.3. The molecule has 0 aromatic heterocycles. The smallest absolute Gasteiger partial charge is 0.240 e. The van der Waals surface area contributed by atoms with Crippen molar-refractivity contribution in [1.82, 2.24) is 5.32 Å². The van der Waals surface area contributed by atoms with Crippen molar-refractivity contribution in [3.8, 4) is 0 Å². The molecule has 1 aromatic rings. The van der Waals surface area contributed by atoms with Crippen LogP contribution in [0, 0.1) is 0 Å². The van der Waals surface area contributed by atoms with E-state index >= 15 is 0 Å². The molecule has 1 atom stereocenters. The number of carbonyl (C=O) groups is 1. The summed E-state index contributed by atoms with van der Waals surface area (Å²) in [5, 5.41) is 3.03. The predicted octanol–water partition coefficient (Wildman–Crippen LogP) is 3.68. The van der Waals surface area contributed by atoms with E-state index < -0.39 is 5.54 Å². The van der Waals surface area contributed by atoms with Gasteiger partial charge in [-0.1, -0.05) is 58.9 Å². The Morgan fingerprint density at radius 3 is 2.00 bits per heavy atom. The van der Waals surface area contributed by atoms with E-state index in [1.165, 1.54) is 5.56 Å². The molecule has 1 aromatic carbocycles. The number of benzene rings is 1. The Labute approximate surface area is 129 Å². The van der Waals surface area contributed by atoms with Crippen LogP contribution in [0.15, 0.2) is 24.3 Å². The monoisotopic (exact) mass is 290 g/mol. The van der Waals surface area contributed by atoms with Gasteiger partial charge >= 0.3 is 0 Å². The minimum Gasteiger partial charge on any atom is -0.348 e. The van der Waals surface area contributed by atoms with Crippen LogP contribution in [0.3, 0.4) is 0 Å². The van der Waals surface area contributed by atoms with E-state index in [1.54, 1.807) is 0 Å². The summed E-state index contributed by atoms with van der Waals surface area (Å²) in [6.45, 7) is 12.5. The molecule has 0 bridgehead atoms. The van der Waals surface area contributed by atoms with Gasteiger partial charge in [0, 0.05) is 0 Å². The Morgan fingerprint density at radius 2 is 1.62 bits per heavy atom. The fourth-order valence-electron chi connectivity index (χ4n) is 2.27. The molecule has 1 amide bonds. The summed E-state index contributed by atoms with van der Waals surface area (Å²) >= 11 is 0. The highest BCUT2D eigenvalue weighted by atomic mass is 16.2. The summed E-state index contributed by atoms with van der Waals surface area (Å²) in [6, 6.07) is 8.40. The highest BCUT2D eigenvalue weighted by molar-refractivity contribution is 5.86. The second-order valence-corrected chi connectivity index (χ2v) is 6.93. The maximum atomic E-state index is 12.3. The van der Waals surface area contributed by atoms with Gasteiger partial charge in [0.2, 0.25) is 5.91 Å². The number of rotatable bonds is 5. The van der Waals surface area contributed by atoms with Crippen LogP contribution in [0.1, 0.15) is 71.6 Å². The van der Waals surface area contributed by atoms with Gasteiger partial charge in [0.1, 0.15) is 0 Å². The van der Waals surface area contributed by atoms with E-state index in [-0.39, 0.29) is 17.4 Å². The van der Waals surface area contributed by atoms with Gasteiger partial charge in [-0.05, 0) is 36.3 Å². The van der Waals surface area contributed by atoms with E-state index in [4.69, 9.17) is 5.73 Å². The molecule has 118 valence electrons. The lowest BCUT2D eigenvalue weighted by atomic mass is 9.86. The molecule has 1 rings (SSSR count). The summed E-state index contributed by atoms with van der Waals surface area (Å²) in [7, 11) is 0. The molecule has 0 fully saturated rings. The standard InChI is InChI=1S/C18H30N2O/c1-7-18(19,8-2)16(21)20-13(3)14-9-11-15(12-10-14)17(4,5)6/h9-13H,7-8,19H2,1-6H3,(H,20,21). The third-order valence-corrected chi connectivity index (χ3v) is 4.34. The molecule has 3 heteroatoms. The van der Waals surface area contributed by atoms with Gasteiger partial charge in [-0.25, -0.2) is 0 Å². The number of carbonyl (C=O) groups excluding carboxylic acids is 1. The van der Waals surface area contributed by atoms with Crippen LogP contribution < -0.4 is 11.1 Å². The minimum atomic E-state index is -0.764. The molecule has 0 heterocycles. The first-order valence-corrected chi connectivity index (χ1v) is 7.84. The van der Waals surface area contributed by atoms with Gasteiger partial charge in [0.15, 0.2) is 0 Å². The number of hydrogen-bond acceptors (Lipinski definition) is 2. The normalized spacial score (nSPS) is 13.9. The SMILES string of the molecule is CCC(N)(CC)C(=O)NC(C)c1ccc(C(C)(C)C)cc1. The van der Waals surface area contributed by atoms with Crippen LogP contribution in [0.4, 0.5) is 0 Å². The lowest BCUT2D eigenvalue weighted by Gasteiger charge is -2.28. The van der Waals surface area contributed by atoms with Gasteiger partial charge in [0.05, 0.1) is 11.6 Å². The quantitative estimate of drug-likeness (QED) is 0.869. The maximum Gasteiger partial charge on any atom is 0.240 e. The molecular formula is C18H30N2O. The molecule has 0 spiro atoms. The van der Waals surface area contributed by atoms with Crippen molar-refractivity contribution < 1.29 is 4.79 Å². The first-order valence-electron chi connectivity index (χ1n) is 7.84. The summed E-state index contributed by atoms with van der Waals surface area (Å²) in [4.78, 5) is 12.3. The molecule has 1 unspecified atom stereocenters. The molecule has 3 nitrogen and oxygen atoms in total. The number of nitrogens with two attached hydrogens (primary N) is 1. The summed E-state index contributed by atoms with van der Waals surface area (Å²) < 4.78 is 0. The largest absolute Gasteiger partial charge is 0.348 e. The Morgan fingerprint density at radius 1 is 1.14 bits per heavy atom. The van der Waals surface area contributed by atoms with E-state index in [0.29, 0.717) is 12.8 Å². The first kappa shape index (κ1) is 17.7. The fraction of sp³-hybridized carbons (Fsp3) is 0.611. The summed E-state index contributed by atoms with van der Waals surface area (Å²) in [5.74, 6) is -0.0695. The van der Waals surface area contributed by atoms with Gasteiger partial charge in [-0.2, -0.15) is 0 Å². The molecule has 0 aliphatic rings. The van der Waals surface area contributed by atoms with Gasteiger partial charge < -0.3 is 11.1 Å². The van der Waals surface area contributed by atoms with E-state index in [2.05, 4.69) is 50.4 Å². The van der Waals surface area contributed by atoms with E-state index in [9.17, 15) is 4.79 Å². The molecular weight excluding hydrogens is 260 g/mol. The van der Waals surface area contributed by atoms with Crippen LogP contribution in [-0.4, -0.2) is 11.4 Å². The highest BCUT2D eigenvalue weighted by Crippen LogP contribution is 2.24. The summed E-state index contributed by atoms with van der Waals surface area (Å²) in [5.41, 5.74) is 7.91. The Hall–Kier alpha value is -1.35. The van der Waals surface area contributed by atoms with Crippen molar-refractivity contribution in [2.75, 3.05) is 0 Å². The number of amides is 1. The third kappa shape index (κ3) is 4.31. The van der Waals surface area contributed by atoms with E-state index in [1.807, 2.05) is 20.8 Å². The first-order chi connectivity index (χ1) is 9.64. The van der Waals surface area contributed by atoms with Crippen LogP contribution in [0.25, 0.3) is 0 Å². The average molecular weight is 290 g/mol. The molecule has 0 aliphatic carbocycles. The van der Waals surface area contributed by atoms with Crippen molar-refractivity contribution in [3.63, 3.8) is 0 Å². The van der Waals surface area contributed by atoms with Crippen molar-refractivity contribution in [3.05, 3.63) is 35.4 Å². The zero-order valence-corrected chi connectivity index (χ0v) is 14.3. The number of hydrogen-bond donors (Lipinski definition) is 2. The van der Waals surface area contributed by atoms with E-state index in [0.717, 1.165) is 5.56 Å². The zero-order valence-electron chi connectivity index (χ0n) is 14.3. The second-order valence-electron chi connectivity index (χ2n) is 6.93. The predicted molar refractivity (Wildman–Crippen MR) is 89.2 cm³/mol. The van der Waals surface area contributed by atoms with Crippen LogP contribution >= 0.6 is 0 Å². The van der Waals surface area contributed by atoms with Gasteiger partial charge in [-0.3, -0.25) is 4.79 Å². The van der Waals surface area contributed by atoms with Crippen LogP contribution in [0.5, 0.6) is 0 Å². The molecule has 21 heavy (non-hydrogen) atoms. The Balaban J connectivity index is 2.81. The fourth-order valence-corrected chi connectivity index (χ4v) is 2.27. The second kappa shape index (κ2) is 6.61. The molecule has 0 radical (unpaired) electrons. The lowest BCUT2D eigenvalue weighted by molar-refractivity contribution is -0.127. The van der Waals surface area contributed by atoms with Crippen molar-refractivity contribution in [2.24, 2.45) is 5.73 Å². The molecule has 3 N–H and O–H groups in total. The third-order valence-electron chi connectivity index (χ3n) is 4.34. The highest BCUT2D eigenvalue weighted by Gasteiger charge is 2.30.